The summed E-state index contributed by atoms with van der Waals surface area (Å²) in [4.78, 5) is 16.3. The number of hydrogen-bond donors (Lipinski definition) is 1. The minimum atomic E-state index is 0.0135. The molecule has 5 heteroatoms. The van der Waals surface area contributed by atoms with E-state index in [9.17, 15) is 4.79 Å². The second-order valence-electron chi connectivity index (χ2n) is 10.6. The number of furan rings is 1. The van der Waals surface area contributed by atoms with Gasteiger partial charge in [-0.2, -0.15) is 0 Å². The fourth-order valence-corrected chi connectivity index (χ4v) is 4.85. The number of nitrogens with zero attached hydrogens (tertiary/aromatic N) is 1. The zero-order valence-electron chi connectivity index (χ0n) is 24.8. The van der Waals surface area contributed by atoms with E-state index in [1.165, 1.54) is 38.8 Å². The molecule has 0 spiro atoms. The zero-order chi connectivity index (χ0) is 27.9. The molecule has 0 saturated heterocycles. The third-order valence-electron chi connectivity index (χ3n) is 7.26. The summed E-state index contributed by atoms with van der Waals surface area (Å²) in [5.41, 5.74) is 3.17. The van der Waals surface area contributed by atoms with E-state index in [2.05, 4.69) is 44.0 Å². The maximum absolute atomic E-state index is 13.8. The first-order chi connectivity index (χ1) is 19.1. The standard InChI is InChI=1S/C34H50N2O3/c1-5-9-14-32-33(30-26-28(35-21-10-6-2)17-20-31(30)39-32)34(37)27-15-18-29(19-16-27)38-25-13-24-36(22-11-7-3)23-12-8-4/h15-20,26,35H,5-14,21-25H2,1-4H3. The topological polar surface area (TPSA) is 54.7 Å². The molecule has 5 nitrogen and oxygen atoms in total. The molecule has 0 aliphatic carbocycles. The monoisotopic (exact) mass is 534 g/mol. The number of unbranched alkanes of at least 4 members (excludes halogenated alkanes) is 4. The lowest BCUT2D eigenvalue weighted by Gasteiger charge is -2.21. The van der Waals surface area contributed by atoms with Crippen molar-refractivity contribution >= 4 is 22.4 Å². The predicted molar refractivity (Wildman–Crippen MR) is 164 cm³/mol. The summed E-state index contributed by atoms with van der Waals surface area (Å²) in [6.45, 7) is 13.9. The fourth-order valence-electron chi connectivity index (χ4n) is 4.85. The molecule has 1 heterocycles. The number of ether oxygens (including phenoxy) is 1. The van der Waals surface area contributed by atoms with Gasteiger partial charge in [-0.1, -0.05) is 53.4 Å². The van der Waals surface area contributed by atoms with Crippen LogP contribution in [0, 0.1) is 0 Å². The molecule has 1 N–H and O–H groups in total. The highest BCUT2D eigenvalue weighted by Crippen LogP contribution is 2.32. The molecule has 0 fully saturated rings. The number of carbonyl (C=O) groups excluding carboxylic acids is 1. The van der Waals surface area contributed by atoms with E-state index in [0.29, 0.717) is 17.7 Å². The largest absolute Gasteiger partial charge is 0.494 e. The number of fused-ring (bicyclic) bond motifs is 1. The number of ketones is 1. The molecule has 0 saturated carbocycles. The first-order valence-corrected chi connectivity index (χ1v) is 15.4. The molecule has 0 atom stereocenters. The first kappa shape index (κ1) is 30.7. The van der Waals surface area contributed by atoms with Gasteiger partial charge < -0.3 is 19.4 Å². The summed E-state index contributed by atoms with van der Waals surface area (Å²) in [6, 6.07) is 13.7. The normalized spacial score (nSPS) is 11.4. The number of carbonyl (C=O) groups is 1. The number of hydrogen-bond acceptors (Lipinski definition) is 5. The number of aryl methyl sites for hydroxylation is 1. The second kappa shape index (κ2) is 17.0. The molecule has 3 aromatic rings. The highest BCUT2D eigenvalue weighted by Gasteiger charge is 2.22. The van der Waals surface area contributed by atoms with Crippen LogP contribution in [0.4, 0.5) is 5.69 Å². The Bertz CT molecular complexity index is 1110. The summed E-state index contributed by atoms with van der Waals surface area (Å²) >= 11 is 0. The van der Waals surface area contributed by atoms with Crippen molar-refractivity contribution in [3.05, 3.63) is 59.4 Å². The second-order valence-corrected chi connectivity index (χ2v) is 10.6. The lowest BCUT2D eigenvalue weighted by atomic mass is 9.98. The number of benzene rings is 2. The van der Waals surface area contributed by atoms with Crippen LogP contribution in [0.3, 0.4) is 0 Å². The van der Waals surface area contributed by atoms with Gasteiger partial charge in [0.05, 0.1) is 12.2 Å². The lowest BCUT2D eigenvalue weighted by molar-refractivity contribution is 0.103. The Morgan fingerprint density at radius 3 is 2.15 bits per heavy atom. The molecule has 39 heavy (non-hydrogen) atoms. The zero-order valence-corrected chi connectivity index (χ0v) is 24.8. The van der Waals surface area contributed by atoms with E-state index in [1.807, 2.05) is 36.4 Å². The summed E-state index contributed by atoms with van der Waals surface area (Å²) in [7, 11) is 0. The molecule has 214 valence electrons. The average molecular weight is 535 g/mol. The highest BCUT2D eigenvalue weighted by molar-refractivity contribution is 6.17. The van der Waals surface area contributed by atoms with Gasteiger partial charge >= 0.3 is 0 Å². The van der Waals surface area contributed by atoms with Crippen molar-refractivity contribution in [2.45, 2.75) is 91.9 Å². The SMILES string of the molecule is CCCCNc1ccc2oc(CCCC)c(C(=O)c3ccc(OCCCN(CCCC)CCCC)cc3)c2c1. The summed E-state index contributed by atoms with van der Waals surface area (Å²) < 4.78 is 12.2. The molecule has 0 radical (unpaired) electrons. The third-order valence-corrected chi connectivity index (χ3v) is 7.26. The van der Waals surface area contributed by atoms with Crippen LogP contribution in [0.1, 0.15) is 107 Å². The van der Waals surface area contributed by atoms with Crippen LogP contribution in [-0.2, 0) is 6.42 Å². The minimum absolute atomic E-state index is 0.0135. The minimum Gasteiger partial charge on any atom is -0.494 e. The number of anilines is 1. The molecule has 0 aliphatic rings. The van der Waals surface area contributed by atoms with Crippen molar-refractivity contribution in [3.63, 3.8) is 0 Å². The van der Waals surface area contributed by atoms with Crippen LogP contribution in [0.5, 0.6) is 5.75 Å². The Hall–Kier alpha value is -2.79. The van der Waals surface area contributed by atoms with Crippen LogP contribution in [0.2, 0.25) is 0 Å². The van der Waals surface area contributed by atoms with Crippen LogP contribution in [0.25, 0.3) is 11.0 Å². The van der Waals surface area contributed by atoms with E-state index >= 15 is 0 Å². The van der Waals surface area contributed by atoms with Gasteiger partial charge in [-0.15, -0.1) is 0 Å². The van der Waals surface area contributed by atoms with E-state index < -0.39 is 0 Å². The van der Waals surface area contributed by atoms with Gasteiger partial charge in [0.2, 0.25) is 0 Å². The highest BCUT2D eigenvalue weighted by atomic mass is 16.5. The van der Waals surface area contributed by atoms with E-state index in [0.717, 1.165) is 79.8 Å². The smallest absolute Gasteiger partial charge is 0.197 e. The Balaban J connectivity index is 1.67. The van der Waals surface area contributed by atoms with Crippen LogP contribution >= 0.6 is 0 Å². The van der Waals surface area contributed by atoms with E-state index in [-0.39, 0.29) is 5.78 Å². The molecular weight excluding hydrogens is 484 g/mol. The number of nitrogens with one attached hydrogen (secondary N) is 1. The van der Waals surface area contributed by atoms with Gasteiger partial charge in [-0.3, -0.25) is 4.79 Å². The third kappa shape index (κ3) is 9.42. The predicted octanol–water partition coefficient (Wildman–Crippen LogP) is 8.89. The van der Waals surface area contributed by atoms with Crippen LogP contribution in [0.15, 0.2) is 46.9 Å². The molecule has 0 unspecified atom stereocenters. The summed E-state index contributed by atoms with van der Waals surface area (Å²) in [6.07, 6.45) is 11.0. The summed E-state index contributed by atoms with van der Waals surface area (Å²) in [5, 5.41) is 4.37. The molecule has 2 aromatic carbocycles. The van der Waals surface area contributed by atoms with Gasteiger partial charge in [0, 0.05) is 36.1 Å². The van der Waals surface area contributed by atoms with Crippen molar-refractivity contribution in [3.8, 4) is 5.75 Å². The maximum Gasteiger partial charge on any atom is 0.197 e. The van der Waals surface area contributed by atoms with Gasteiger partial charge in [-0.25, -0.2) is 0 Å². The van der Waals surface area contributed by atoms with Crippen molar-refractivity contribution in [2.75, 3.05) is 38.1 Å². The Labute approximate surface area is 236 Å². The molecule has 3 rings (SSSR count). The maximum atomic E-state index is 13.8. The number of rotatable bonds is 20. The molecule has 0 amide bonds. The summed E-state index contributed by atoms with van der Waals surface area (Å²) in [5.74, 6) is 1.61. The van der Waals surface area contributed by atoms with Gasteiger partial charge in [0.1, 0.15) is 17.1 Å². The lowest BCUT2D eigenvalue weighted by Crippen LogP contribution is -2.28. The Kier molecular flexibility index (Phi) is 13.4. The van der Waals surface area contributed by atoms with Crippen LogP contribution in [-0.4, -0.2) is 43.5 Å². The van der Waals surface area contributed by atoms with Gasteiger partial charge in [0.15, 0.2) is 5.78 Å². The molecule has 1 aromatic heterocycles. The van der Waals surface area contributed by atoms with Crippen molar-refractivity contribution in [1.82, 2.24) is 4.90 Å². The molecule has 0 aliphatic heterocycles. The van der Waals surface area contributed by atoms with E-state index in [1.54, 1.807) is 0 Å². The average Bonchev–Trinajstić information content (AvgIpc) is 3.32. The Morgan fingerprint density at radius 2 is 1.49 bits per heavy atom. The van der Waals surface area contributed by atoms with Gasteiger partial charge in [-0.05, 0) is 87.7 Å². The van der Waals surface area contributed by atoms with Crippen molar-refractivity contribution < 1.29 is 13.9 Å². The quantitative estimate of drug-likeness (QED) is 0.116. The van der Waals surface area contributed by atoms with Crippen molar-refractivity contribution in [2.24, 2.45) is 0 Å². The first-order valence-electron chi connectivity index (χ1n) is 15.4. The van der Waals surface area contributed by atoms with Crippen molar-refractivity contribution in [1.29, 1.82) is 0 Å². The molecular formula is C34H50N2O3. The fraction of sp³-hybridized carbons (Fsp3) is 0.559. The van der Waals surface area contributed by atoms with Gasteiger partial charge in [0.25, 0.3) is 0 Å². The Morgan fingerprint density at radius 1 is 0.821 bits per heavy atom. The van der Waals surface area contributed by atoms with E-state index in [4.69, 9.17) is 9.15 Å². The van der Waals surface area contributed by atoms with Crippen LogP contribution < -0.4 is 10.1 Å². The molecule has 0 bridgehead atoms.